The fourth-order valence-electron chi connectivity index (χ4n) is 3.64. The van der Waals surface area contributed by atoms with Crippen LogP contribution in [0.4, 0.5) is 5.13 Å². The molecule has 1 atom stereocenters. The van der Waals surface area contributed by atoms with E-state index >= 15 is 0 Å². The fraction of sp³-hybridized carbons (Fsp3) is 0.174. The second-order valence-corrected chi connectivity index (χ2v) is 8.22. The summed E-state index contributed by atoms with van der Waals surface area (Å²) in [6.45, 7) is 1.58. The van der Waals surface area contributed by atoms with Crippen LogP contribution in [0.3, 0.4) is 0 Å². The number of aromatic hydroxyl groups is 1. The number of rotatable bonds is 5. The zero-order valence-electron chi connectivity index (χ0n) is 18.3. The summed E-state index contributed by atoms with van der Waals surface area (Å²) in [4.78, 5) is 48.0. The van der Waals surface area contributed by atoms with Crippen molar-refractivity contribution in [3.05, 3.63) is 70.0 Å². The number of hydrogen-bond acceptors (Lipinski definition) is 10. The molecule has 3 aromatic rings. The van der Waals surface area contributed by atoms with E-state index in [1.165, 1.54) is 56.9 Å². The number of aliphatic hydroxyl groups is 1. The van der Waals surface area contributed by atoms with Gasteiger partial charge in [0.2, 0.25) is 0 Å². The number of amides is 1. The fourth-order valence-corrected chi connectivity index (χ4v) is 4.65. The Bertz CT molecular complexity index is 1330. The van der Waals surface area contributed by atoms with Gasteiger partial charge < -0.3 is 19.7 Å². The van der Waals surface area contributed by atoms with Crippen LogP contribution in [0.5, 0.6) is 11.5 Å². The van der Waals surface area contributed by atoms with E-state index in [2.05, 4.69) is 9.97 Å². The molecule has 1 saturated heterocycles. The average molecular weight is 481 g/mol. The first-order valence-electron chi connectivity index (χ1n) is 9.92. The molecule has 4 rings (SSSR count). The second-order valence-electron chi connectivity index (χ2n) is 7.24. The number of methoxy groups -OCH3 is 2. The Hall–Kier alpha value is -4.25. The number of esters is 1. The maximum Gasteiger partial charge on any atom is 0.350 e. The quantitative estimate of drug-likeness (QED) is 0.244. The molecule has 1 amide bonds. The lowest BCUT2D eigenvalue weighted by Gasteiger charge is -2.23. The van der Waals surface area contributed by atoms with Crippen LogP contribution >= 0.6 is 11.3 Å². The minimum Gasteiger partial charge on any atom is -0.507 e. The summed E-state index contributed by atoms with van der Waals surface area (Å²) in [5.74, 6) is -2.93. The molecule has 174 valence electrons. The number of anilines is 1. The molecule has 0 bridgehead atoms. The van der Waals surface area contributed by atoms with Gasteiger partial charge in [-0.3, -0.25) is 19.5 Å². The number of Topliss-reactive ketones (excluding diaryl/α,β-unsaturated/α-hetero) is 1. The summed E-state index contributed by atoms with van der Waals surface area (Å²) in [6.07, 6.45) is 2.88. The highest BCUT2D eigenvalue weighted by Crippen LogP contribution is 2.45. The van der Waals surface area contributed by atoms with E-state index in [4.69, 9.17) is 9.47 Å². The Morgan fingerprint density at radius 2 is 1.85 bits per heavy atom. The maximum atomic E-state index is 13.2. The number of aryl methyl sites for hydroxylation is 1. The van der Waals surface area contributed by atoms with Crippen LogP contribution < -0.4 is 9.64 Å². The highest BCUT2D eigenvalue weighted by Gasteiger charge is 2.48. The third-order valence-electron chi connectivity index (χ3n) is 5.28. The zero-order valence-corrected chi connectivity index (χ0v) is 19.1. The van der Waals surface area contributed by atoms with Crippen LogP contribution in [0.2, 0.25) is 0 Å². The molecule has 0 radical (unpaired) electrons. The van der Waals surface area contributed by atoms with Crippen molar-refractivity contribution in [3.63, 3.8) is 0 Å². The standard InChI is InChI=1S/C23H19N3O7S/c1-11-20(22(31)33-3)34-23(25-11)26-17(13-4-5-14(27)15(10-13)32-2)16(19(29)21(26)30)18(28)12-6-8-24-9-7-12/h4-10,17,27-28H,1-3H3/b18-16+. The molecular formula is C23H19N3O7S. The molecule has 1 aromatic carbocycles. The summed E-state index contributed by atoms with van der Waals surface area (Å²) >= 11 is 0.889. The van der Waals surface area contributed by atoms with Gasteiger partial charge in [-0.25, -0.2) is 9.78 Å². The molecule has 3 heterocycles. The van der Waals surface area contributed by atoms with Crippen LogP contribution in [0.15, 0.2) is 48.3 Å². The number of phenols is 1. The van der Waals surface area contributed by atoms with Gasteiger partial charge in [0.1, 0.15) is 10.6 Å². The van der Waals surface area contributed by atoms with Gasteiger partial charge in [0.05, 0.1) is 31.5 Å². The number of aromatic nitrogens is 2. The number of aliphatic hydroxyl groups excluding tert-OH is 1. The molecule has 0 saturated carbocycles. The molecule has 34 heavy (non-hydrogen) atoms. The molecule has 1 unspecified atom stereocenters. The minimum atomic E-state index is -1.11. The van der Waals surface area contributed by atoms with E-state index in [0.29, 0.717) is 11.3 Å². The summed E-state index contributed by atoms with van der Waals surface area (Å²) in [7, 11) is 2.59. The zero-order chi connectivity index (χ0) is 24.6. The molecule has 1 aliphatic heterocycles. The number of carbonyl (C=O) groups excluding carboxylic acids is 3. The Morgan fingerprint density at radius 3 is 2.50 bits per heavy atom. The highest BCUT2D eigenvalue weighted by molar-refractivity contribution is 7.17. The highest BCUT2D eigenvalue weighted by atomic mass is 32.1. The third-order valence-corrected chi connectivity index (χ3v) is 6.42. The normalized spacial score (nSPS) is 17.1. The minimum absolute atomic E-state index is 0.0748. The monoisotopic (exact) mass is 481 g/mol. The van der Waals surface area contributed by atoms with Gasteiger partial charge in [-0.15, -0.1) is 0 Å². The second kappa shape index (κ2) is 8.94. The lowest BCUT2D eigenvalue weighted by atomic mass is 9.95. The van der Waals surface area contributed by atoms with Crippen LogP contribution in [-0.4, -0.2) is 52.1 Å². The number of hydrogen-bond donors (Lipinski definition) is 2. The molecule has 2 N–H and O–H groups in total. The number of pyridine rings is 1. The van der Waals surface area contributed by atoms with Crippen molar-refractivity contribution in [3.8, 4) is 11.5 Å². The van der Waals surface area contributed by atoms with Crippen molar-refractivity contribution in [2.75, 3.05) is 19.1 Å². The van der Waals surface area contributed by atoms with Gasteiger partial charge in [0, 0.05) is 18.0 Å². The number of nitrogens with zero attached hydrogens (tertiary/aromatic N) is 3. The number of phenolic OH excluding ortho intramolecular Hbond substituents is 1. The third kappa shape index (κ3) is 3.75. The van der Waals surface area contributed by atoms with Gasteiger partial charge in [-0.2, -0.15) is 0 Å². The summed E-state index contributed by atoms with van der Waals surface area (Å²) in [6, 6.07) is 6.20. The Labute approximate surface area is 197 Å². The molecule has 2 aromatic heterocycles. The molecule has 11 heteroatoms. The first kappa shape index (κ1) is 22.9. The lowest BCUT2D eigenvalue weighted by molar-refractivity contribution is -0.132. The van der Waals surface area contributed by atoms with Gasteiger partial charge in [0.25, 0.3) is 5.78 Å². The molecule has 10 nitrogen and oxygen atoms in total. The van der Waals surface area contributed by atoms with E-state index in [-0.39, 0.29) is 32.6 Å². The van der Waals surface area contributed by atoms with Crippen molar-refractivity contribution in [2.24, 2.45) is 0 Å². The number of benzene rings is 1. The van der Waals surface area contributed by atoms with Crippen LogP contribution in [0.25, 0.3) is 5.76 Å². The lowest BCUT2D eigenvalue weighted by Crippen LogP contribution is -2.29. The van der Waals surface area contributed by atoms with Crippen LogP contribution in [-0.2, 0) is 14.3 Å². The van der Waals surface area contributed by atoms with Crippen LogP contribution in [0, 0.1) is 6.92 Å². The predicted molar refractivity (Wildman–Crippen MR) is 122 cm³/mol. The number of carbonyl (C=O) groups is 3. The topological polar surface area (TPSA) is 139 Å². The molecule has 1 fully saturated rings. The molecule has 1 aliphatic rings. The van der Waals surface area contributed by atoms with E-state index in [1.807, 2.05) is 0 Å². The van der Waals surface area contributed by atoms with Crippen molar-refractivity contribution >= 4 is 39.9 Å². The van der Waals surface area contributed by atoms with E-state index in [9.17, 15) is 24.6 Å². The molecule has 0 spiro atoms. The average Bonchev–Trinajstić information content (AvgIpc) is 3.35. The maximum absolute atomic E-state index is 13.2. The number of thiazole rings is 1. The number of ketones is 1. The largest absolute Gasteiger partial charge is 0.507 e. The first-order valence-corrected chi connectivity index (χ1v) is 10.7. The van der Waals surface area contributed by atoms with Crippen molar-refractivity contribution in [2.45, 2.75) is 13.0 Å². The van der Waals surface area contributed by atoms with E-state index in [1.54, 1.807) is 6.92 Å². The Kier molecular flexibility index (Phi) is 6.03. The summed E-state index contributed by atoms with van der Waals surface area (Å²) < 4.78 is 9.96. The Balaban J connectivity index is 1.96. The van der Waals surface area contributed by atoms with Crippen LogP contribution in [0.1, 0.15) is 32.5 Å². The summed E-state index contributed by atoms with van der Waals surface area (Å²) in [5.41, 5.74) is 0.799. The van der Waals surface area contributed by atoms with Crippen molar-refractivity contribution < 1.29 is 34.1 Å². The predicted octanol–water partition coefficient (Wildman–Crippen LogP) is 2.97. The SMILES string of the molecule is COC(=O)c1sc(N2C(=O)C(=O)/C(=C(/O)c3ccncc3)C2c2ccc(O)c(OC)c2)nc1C. The smallest absolute Gasteiger partial charge is 0.350 e. The summed E-state index contributed by atoms with van der Waals surface area (Å²) in [5, 5.41) is 21.2. The van der Waals surface area contributed by atoms with Gasteiger partial charge in [0.15, 0.2) is 16.6 Å². The Morgan fingerprint density at radius 1 is 1.15 bits per heavy atom. The van der Waals surface area contributed by atoms with E-state index in [0.717, 1.165) is 16.2 Å². The van der Waals surface area contributed by atoms with Gasteiger partial charge >= 0.3 is 11.9 Å². The van der Waals surface area contributed by atoms with Gasteiger partial charge in [-0.05, 0) is 36.8 Å². The molecular weight excluding hydrogens is 462 g/mol. The van der Waals surface area contributed by atoms with Crippen molar-refractivity contribution in [1.82, 2.24) is 9.97 Å². The van der Waals surface area contributed by atoms with Crippen molar-refractivity contribution in [1.29, 1.82) is 0 Å². The van der Waals surface area contributed by atoms with E-state index < -0.39 is 29.5 Å². The first-order chi connectivity index (χ1) is 16.3. The number of ether oxygens (including phenoxy) is 2. The molecule has 0 aliphatic carbocycles. The van der Waals surface area contributed by atoms with Gasteiger partial charge in [-0.1, -0.05) is 17.4 Å².